The van der Waals surface area contributed by atoms with Gasteiger partial charge in [0.05, 0.1) is 6.42 Å². The second kappa shape index (κ2) is 8.49. The van der Waals surface area contributed by atoms with E-state index in [4.69, 9.17) is 5.11 Å². The Kier molecular flexibility index (Phi) is 6.98. The van der Waals surface area contributed by atoms with Gasteiger partial charge < -0.3 is 21.1 Å². The quantitative estimate of drug-likeness (QED) is 0.506. The number of carboxylic acid groups (broad SMARTS) is 1. The number of hydrogen-bond donors (Lipinski definition) is 4. The zero-order chi connectivity index (χ0) is 15.8. The fourth-order valence-electron chi connectivity index (χ4n) is 1.98. The largest absolute Gasteiger partial charge is 0.481 e. The predicted octanol–water partition coefficient (Wildman–Crippen LogP) is 0.844. The van der Waals surface area contributed by atoms with E-state index in [1.54, 1.807) is 0 Å². The second-order valence-corrected chi connectivity index (χ2v) is 5.57. The van der Waals surface area contributed by atoms with E-state index >= 15 is 0 Å². The molecule has 4 N–H and O–H groups in total. The molecule has 1 aliphatic carbocycles. The lowest BCUT2D eigenvalue weighted by atomic mass is 10.1. The van der Waals surface area contributed by atoms with Gasteiger partial charge in [0, 0.05) is 25.0 Å². The topological polar surface area (TPSA) is 108 Å². The monoisotopic (exact) mass is 299 g/mol. The third kappa shape index (κ3) is 7.53. The van der Waals surface area contributed by atoms with Gasteiger partial charge in [-0.2, -0.15) is 0 Å². The molecule has 0 aromatic rings. The number of hydrogen-bond acceptors (Lipinski definition) is 3. The zero-order valence-corrected chi connectivity index (χ0v) is 12.6. The summed E-state index contributed by atoms with van der Waals surface area (Å²) in [6.07, 6.45) is 2.92. The van der Waals surface area contributed by atoms with Crippen molar-refractivity contribution in [2.45, 2.75) is 58.0 Å². The molecule has 7 nitrogen and oxygen atoms in total. The molecule has 0 radical (unpaired) electrons. The van der Waals surface area contributed by atoms with Crippen LogP contribution in [0.2, 0.25) is 0 Å². The Morgan fingerprint density at radius 1 is 1.24 bits per heavy atom. The smallest absolute Gasteiger partial charge is 0.315 e. The minimum Gasteiger partial charge on any atom is -0.481 e. The highest BCUT2D eigenvalue weighted by atomic mass is 16.4. The molecule has 1 fully saturated rings. The third-order valence-corrected chi connectivity index (χ3v) is 3.56. The Bertz CT molecular complexity index is 382. The molecule has 0 saturated heterocycles. The summed E-state index contributed by atoms with van der Waals surface area (Å²) in [5.74, 6) is -0.755. The van der Waals surface area contributed by atoms with Crippen molar-refractivity contribution in [1.29, 1.82) is 0 Å². The molecule has 1 aliphatic rings. The van der Waals surface area contributed by atoms with Crippen LogP contribution in [0.25, 0.3) is 0 Å². The summed E-state index contributed by atoms with van der Waals surface area (Å²) in [4.78, 5) is 33.9. The summed E-state index contributed by atoms with van der Waals surface area (Å²) in [6.45, 7) is 4.14. The first-order valence-electron chi connectivity index (χ1n) is 7.47. The predicted molar refractivity (Wildman–Crippen MR) is 77.8 cm³/mol. The van der Waals surface area contributed by atoms with Gasteiger partial charge >= 0.3 is 12.0 Å². The van der Waals surface area contributed by atoms with Gasteiger partial charge in [0.25, 0.3) is 0 Å². The summed E-state index contributed by atoms with van der Waals surface area (Å²) >= 11 is 0. The number of nitrogens with one attached hydrogen (secondary N) is 3. The lowest BCUT2D eigenvalue weighted by Crippen LogP contribution is -2.45. The number of aliphatic carboxylic acids is 1. The van der Waals surface area contributed by atoms with Crippen LogP contribution in [0.15, 0.2) is 0 Å². The van der Waals surface area contributed by atoms with Crippen LogP contribution in [0.3, 0.4) is 0 Å². The molecule has 0 spiro atoms. The average molecular weight is 299 g/mol. The number of carbonyl (C=O) groups is 3. The van der Waals surface area contributed by atoms with E-state index in [9.17, 15) is 14.4 Å². The van der Waals surface area contributed by atoms with Gasteiger partial charge in [0.2, 0.25) is 5.91 Å². The molecule has 0 aromatic carbocycles. The Labute approximate surface area is 124 Å². The van der Waals surface area contributed by atoms with Crippen molar-refractivity contribution in [3.05, 3.63) is 0 Å². The van der Waals surface area contributed by atoms with Crippen LogP contribution in [0, 0.1) is 5.92 Å². The zero-order valence-electron chi connectivity index (χ0n) is 12.6. The Morgan fingerprint density at radius 3 is 2.43 bits per heavy atom. The molecule has 2 unspecified atom stereocenters. The summed E-state index contributed by atoms with van der Waals surface area (Å²) in [5, 5.41) is 16.9. The molecule has 1 saturated carbocycles. The van der Waals surface area contributed by atoms with Crippen molar-refractivity contribution in [2.75, 3.05) is 6.54 Å². The first-order chi connectivity index (χ1) is 9.92. The van der Waals surface area contributed by atoms with Crippen LogP contribution in [-0.2, 0) is 9.59 Å². The van der Waals surface area contributed by atoms with E-state index in [2.05, 4.69) is 16.0 Å². The molecule has 7 heteroatoms. The number of carbonyl (C=O) groups excluding carboxylic acids is 2. The number of carboxylic acids is 1. The van der Waals surface area contributed by atoms with Crippen LogP contribution < -0.4 is 16.0 Å². The van der Waals surface area contributed by atoms with E-state index in [0.717, 1.165) is 19.3 Å². The van der Waals surface area contributed by atoms with Gasteiger partial charge in [-0.15, -0.1) is 0 Å². The Balaban J connectivity index is 2.20. The molecular formula is C14H25N3O4. The van der Waals surface area contributed by atoms with Gasteiger partial charge in [-0.3, -0.25) is 9.59 Å². The lowest BCUT2D eigenvalue weighted by Gasteiger charge is -2.17. The minimum absolute atomic E-state index is 0.0629. The summed E-state index contributed by atoms with van der Waals surface area (Å²) in [5.41, 5.74) is 0. The molecule has 3 amide bonds. The Morgan fingerprint density at radius 2 is 1.90 bits per heavy atom. The van der Waals surface area contributed by atoms with E-state index in [-0.39, 0.29) is 43.3 Å². The normalized spacial score (nSPS) is 16.7. The van der Waals surface area contributed by atoms with Gasteiger partial charge in [-0.05, 0) is 32.1 Å². The fraction of sp³-hybridized carbons (Fsp3) is 0.786. The number of rotatable bonds is 9. The minimum atomic E-state index is -0.917. The standard InChI is InChI=1S/C14H25N3O4/c1-3-9(2)16-12(18)6-7-15-14(21)17-11(8-13(19)20)10-4-5-10/h9-11H,3-8H2,1-2H3,(H,16,18)(H,19,20)(H2,15,17,21). The SMILES string of the molecule is CCC(C)NC(=O)CCNC(=O)NC(CC(=O)O)C1CC1. The lowest BCUT2D eigenvalue weighted by molar-refractivity contribution is -0.137. The van der Waals surface area contributed by atoms with Crippen LogP contribution in [0.1, 0.15) is 46.0 Å². The maximum Gasteiger partial charge on any atom is 0.315 e. The fourth-order valence-corrected chi connectivity index (χ4v) is 1.98. The number of urea groups is 1. The molecule has 120 valence electrons. The Hall–Kier alpha value is -1.79. The van der Waals surface area contributed by atoms with Crippen LogP contribution in [0.5, 0.6) is 0 Å². The van der Waals surface area contributed by atoms with Crippen molar-refractivity contribution in [1.82, 2.24) is 16.0 Å². The summed E-state index contributed by atoms with van der Waals surface area (Å²) in [7, 11) is 0. The second-order valence-electron chi connectivity index (χ2n) is 5.57. The first kappa shape index (κ1) is 17.3. The molecule has 21 heavy (non-hydrogen) atoms. The van der Waals surface area contributed by atoms with E-state index in [1.807, 2.05) is 13.8 Å². The maximum absolute atomic E-state index is 11.7. The molecular weight excluding hydrogens is 274 g/mol. The third-order valence-electron chi connectivity index (χ3n) is 3.56. The van der Waals surface area contributed by atoms with Crippen molar-refractivity contribution < 1.29 is 19.5 Å². The number of amides is 3. The highest BCUT2D eigenvalue weighted by Crippen LogP contribution is 2.33. The van der Waals surface area contributed by atoms with E-state index in [0.29, 0.717) is 0 Å². The van der Waals surface area contributed by atoms with Crippen LogP contribution >= 0.6 is 0 Å². The molecule has 0 aliphatic heterocycles. The van der Waals surface area contributed by atoms with Crippen LogP contribution in [0.4, 0.5) is 4.79 Å². The molecule has 2 atom stereocenters. The van der Waals surface area contributed by atoms with Gasteiger partial charge in [0.15, 0.2) is 0 Å². The van der Waals surface area contributed by atoms with Crippen molar-refractivity contribution in [2.24, 2.45) is 5.92 Å². The van der Waals surface area contributed by atoms with E-state index < -0.39 is 12.0 Å². The average Bonchev–Trinajstić information content (AvgIpc) is 3.21. The molecule has 1 rings (SSSR count). The van der Waals surface area contributed by atoms with E-state index in [1.165, 1.54) is 0 Å². The van der Waals surface area contributed by atoms with Gasteiger partial charge in [0.1, 0.15) is 0 Å². The molecule has 0 aromatic heterocycles. The van der Waals surface area contributed by atoms with Crippen molar-refractivity contribution >= 4 is 17.9 Å². The first-order valence-corrected chi connectivity index (χ1v) is 7.47. The van der Waals surface area contributed by atoms with Gasteiger partial charge in [-0.25, -0.2) is 4.79 Å². The maximum atomic E-state index is 11.7. The van der Waals surface area contributed by atoms with Crippen molar-refractivity contribution in [3.63, 3.8) is 0 Å². The van der Waals surface area contributed by atoms with Gasteiger partial charge in [-0.1, -0.05) is 6.92 Å². The summed E-state index contributed by atoms with van der Waals surface area (Å²) in [6, 6.07) is -0.609. The van der Waals surface area contributed by atoms with Crippen molar-refractivity contribution in [3.8, 4) is 0 Å². The van der Waals surface area contributed by atoms with Crippen LogP contribution in [-0.4, -0.2) is 41.6 Å². The summed E-state index contributed by atoms with van der Waals surface area (Å²) < 4.78 is 0. The highest BCUT2D eigenvalue weighted by Gasteiger charge is 2.33. The highest BCUT2D eigenvalue weighted by molar-refractivity contribution is 5.79. The molecule has 0 bridgehead atoms. The molecule has 0 heterocycles.